The van der Waals surface area contributed by atoms with E-state index in [9.17, 15) is 4.79 Å². The number of aromatic nitrogens is 3. The molecule has 0 saturated carbocycles. The van der Waals surface area contributed by atoms with Gasteiger partial charge in [-0.25, -0.2) is 4.98 Å². The average Bonchev–Trinajstić information content (AvgIpc) is 3.21. The Kier molecular flexibility index (Phi) is 4.70. The monoisotopic (exact) mass is 404 g/mol. The third-order valence-corrected chi connectivity index (χ3v) is 5.60. The van der Waals surface area contributed by atoms with Gasteiger partial charge in [-0.1, -0.05) is 23.2 Å². The van der Waals surface area contributed by atoms with E-state index in [-0.39, 0.29) is 17.6 Å². The number of nitrogens with zero attached hydrogens (tertiary/aromatic N) is 3. The molecule has 1 N–H and O–H groups in total. The number of amides is 1. The molecule has 27 heavy (non-hydrogen) atoms. The second-order valence-corrected chi connectivity index (χ2v) is 7.46. The SMILES string of the molecule is Cc1oc(-c2ccc(Cl)c(Cl)c2)nc1C(=O)NC1CCCc2c1cnn2C. The molecule has 1 aliphatic rings. The number of hydrogen-bond acceptors (Lipinski definition) is 4. The molecule has 0 bridgehead atoms. The van der Waals surface area contributed by atoms with Crippen LogP contribution in [0.4, 0.5) is 0 Å². The van der Waals surface area contributed by atoms with Crippen LogP contribution in [0.2, 0.25) is 10.0 Å². The highest BCUT2D eigenvalue weighted by Crippen LogP contribution is 2.31. The number of nitrogens with one attached hydrogen (secondary N) is 1. The first kappa shape index (κ1) is 18.1. The summed E-state index contributed by atoms with van der Waals surface area (Å²) in [5.41, 5.74) is 3.17. The normalized spacial score (nSPS) is 16.2. The number of hydrogen-bond donors (Lipinski definition) is 1. The first-order chi connectivity index (χ1) is 12.9. The van der Waals surface area contributed by atoms with Crippen LogP contribution in [0.25, 0.3) is 11.5 Å². The number of benzene rings is 1. The molecule has 1 amide bonds. The van der Waals surface area contributed by atoms with Crippen molar-refractivity contribution in [2.45, 2.75) is 32.2 Å². The van der Waals surface area contributed by atoms with Crippen molar-refractivity contribution in [1.29, 1.82) is 0 Å². The van der Waals surface area contributed by atoms with Crippen molar-refractivity contribution in [3.63, 3.8) is 0 Å². The number of fused-ring (bicyclic) bond motifs is 1. The Bertz CT molecular complexity index is 1020. The van der Waals surface area contributed by atoms with Crippen molar-refractivity contribution in [2.24, 2.45) is 7.05 Å². The van der Waals surface area contributed by atoms with Crippen LogP contribution < -0.4 is 5.32 Å². The van der Waals surface area contributed by atoms with E-state index in [2.05, 4.69) is 15.4 Å². The summed E-state index contributed by atoms with van der Waals surface area (Å²) in [7, 11) is 1.92. The lowest BCUT2D eigenvalue weighted by Crippen LogP contribution is -2.31. The standard InChI is InChI=1S/C19H18Cl2N4O2/c1-10-17(24-19(27-10)11-6-7-13(20)14(21)8-11)18(26)23-15-4-3-5-16-12(15)9-22-25(16)2/h6-9,15H,3-5H2,1-2H3,(H,23,26). The molecule has 0 fully saturated rings. The van der Waals surface area contributed by atoms with Crippen LogP contribution >= 0.6 is 23.2 Å². The summed E-state index contributed by atoms with van der Waals surface area (Å²) in [5.74, 6) is 0.530. The van der Waals surface area contributed by atoms with Crippen molar-refractivity contribution in [3.8, 4) is 11.5 Å². The van der Waals surface area contributed by atoms with Crippen molar-refractivity contribution in [2.75, 3.05) is 0 Å². The van der Waals surface area contributed by atoms with Gasteiger partial charge in [-0.3, -0.25) is 9.48 Å². The molecule has 0 radical (unpaired) electrons. The van der Waals surface area contributed by atoms with Crippen LogP contribution in [0.1, 0.15) is 46.4 Å². The highest BCUT2D eigenvalue weighted by molar-refractivity contribution is 6.42. The maximum absolute atomic E-state index is 12.8. The minimum atomic E-state index is -0.260. The van der Waals surface area contributed by atoms with Crippen molar-refractivity contribution >= 4 is 29.1 Å². The van der Waals surface area contributed by atoms with Gasteiger partial charge in [0.25, 0.3) is 5.91 Å². The average molecular weight is 405 g/mol. The number of carbonyl (C=O) groups is 1. The molecule has 1 unspecified atom stereocenters. The minimum Gasteiger partial charge on any atom is -0.441 e. The molecule has 2 heterocycles. The van der Waals surface area contributed by atoms with Crippen LogP contribution in [0.5, 0.6) is 0 Å². The van der Waals surface area contributed by atoms with Gasteiger partial charge >= 0.3 is 0 Å². The Labute approximate surface area is 166 Å². The smallest absolute Gasteiger partial charge is 0.274 e. The number of rotatable bonds is 3. The van der Waals surface area contributed by atoms with Gasteiger partial charge in [0.1, 0.15) is 5.76 Å². The summed E-state index contributed by atoms with van der Waals surface area (Å²) < 4.78 is 7.56. The summed E-state index contributed by atoms with van der Waals surface area (Å²) in [5, 5.41) is 8.24. The summed E-state index contributed by atoms with van der Waals surface area (Å²) in [6, 6.07) is 5.02. The molecule has 4 rings (SSSR count). The fraction of sp³-hybridized carbons (Fsp3) is 0.316. The topological polar surface area (TPSA) is 73.0 Å². The van der Waals surface area contributed by atoms with Gasteiger partial charge in [-0.05, 0) is 44.4 Å². The molecule has 2 aromatic heterocycles. The van der Waals surface area contributed by atoms with Gasteiger partial charge in [0, 0.05) is 23.9 Å². The van der Waals surface area contributed by atoms with E-state index in [0.29, 0.717) is 27.3 Å². The van der Waals surface area contributed by atoms with E-state index >= 15 is 0 Å². The predicted octanol–water partition coefficient (Wildman–Crippen LogP) is 4.50. The molecule has 0 saturated heterocycles. The number of aryl methyl sites for hydroxylation is 2. The third kappa shape index (κ3) is 3.35. The van der Waals surface area contributed by atoms with E-state index in [0.717, 1.165) is 24.8 Å². The zero-order valence-corrected chi connectivity index (χ0v) is 16.4. The number of halogens is 2. The highest BCUT2D eigenvalue weighted by atomic mass is 35.5. The molecule has 1 atom stereocenters. The molecule has 8 heteroatoms. The van der Waals surface area contributed by atoms with Crippen molar-refractivity contribution < 1.29 is 9.21 Å². The molecule has 6 nitrogen and oxygen atoms in total. The van der Waals surface area contributed by atoms with Gasteiger partial charge in [0.2, 0.25) is 5.89 Å². The lowest BCUT2D eigenvalue weighted by atomic mass is 9.93. The summed E-state index contributed by atoms with van der Waals surface area (Å²) >= 11 is 12.0. The largest absolute Gasteiger partial charge is 0.441 e. The van der Waals surface area contributed by atoms with Gasteiger partial charge in [0.15, 0.2) is 5.69 Å². The van der Waals surface area contributed by atoms with Crippen LogP contribution in [0.15, 0.2) is 28.8 Å². The lowest BCUT2D eigenvalue weighted by molar-refractivity contribution is 0.0926. The van der Waals surface area contributed by atoms with E-state index < -0.39 is 0 Å². The maximum atomic E-state index is 12.8. The van der Waals surface area contributed by atoms with Gasteiger partial charge < -0.3 is 9.73 Å². The van der Waals surface area contributed by atoms with E-state index in [1.54, 1.807) is 25.1 Å². The summed E-state index contributed by atoms with van der Waals surface area (Å²) in [4.78, 5) is 17.2. The molecule has 0 aliphatic heterocycles. The molecule has 1 aromatic carbocycles. The van der Waals surface area contributed by atoms with E-state index in [1.807, 2.05) is 17.9 Å². The molecular formula is C19H18Cl2N4O2. The molecule has 0 spiro atoms. The Morgan fingerprint density at radius 2 is 2.15 bits per heavy atom. The second-order valence-electron chi connectivity index (χ2n) is 6.64. The van der Waals surface area contributed by atoms with E-state index in [1.165, 1.54) is 5.69 Å². The first-order valence-electron chi connectivity index (χ1n) is 8.68. The zero-order valence-electron chi connectivity index (χ0n) is 14.9. The van der Waals surface area contributed by atoms with Gasteiger partial charge in [-0.2, -0.15) is 5.10 Å². The van der Waals surface area contributed by atoms with Crippen LogP contribution in [-0.4, -0.2) is 20.7 Å². The second kappa shape index (κ2) is 7.02. The summed E-state index contributed by atoms with van der Waals surface area (Å²) in [6.45, 7) is 1.72. The Balaban J connectivity index is 1.58. The van der Waals surface area contributed by atoms with Crippen LogP contribution in [0, 0.1) is 6.92 Å². The Morgan fingerprint density at radius 1 is 1.33 bits per heavy atom. The van der Waals surface area contributed by atoms with Crippen molar-refractivity contribution in [3.05, 3.63) is 57.2 Å². The highest BCUT2D eigenvalue weighted by Gasteiger charge is 2.27. The molecule has 3 aromatic rings. The first-order valence-corrected chi connectivity index (χ1v) is 9.44. The maximum Gasteiger partial charge on any atom is 0.274 e. The Morgan fingerprint density at radius 3 is 2.93 bits per heavy atom. The zero-order chi connectivity index (χ0) is 19.1. The van der Waals surface area contributed by atoms with E-state index in [4.69, 9.17) is 27.6 Å². The molecule has 140 valence electrons. The fourth-order valence-corrected chi connectivity index (χ4v) is 3.74. The summed E-state index contributed by atoms with van der Waals surface area (Å²) in [6.07, 6.45) is 4.68. The minimum absolute atomic E-state index is 0.0699. The van der Waals surface area contributed by atoms with Crippen LogP contribution in [0.3, 0.4) is 0 Å². The Hall–Kier alpha value is -2.31. The third-order valence-electron chi connectivity index (χ3n) is 4.86. The number of carbonyl (C=O) groups excluding carboxylic acids is 1. The van der Waals surface area contributed by atoms with Gasteiger partial charge in [0.05, 0.1) is 22.3 Å². The molecular weight excluding hydrogens is 387 g/mol. The molecule has 1 aliphatic carbocycles. The van der Waals surface area contributed by atoms with Crippen LogP contribution in [-0.2, 0) is 13.5 Å². The lowest BCUT2D eigenvalue weighted by Gasteiger charge is -2.23. The van der Waals surface area contributed by atoms with Crippen molar-refractivity contribution in [1.82, 2.24) is 20.1 Å². The number of oxazole rings is 1. The predicted molar refractivity (Wildman–Crippen MR) is 103 cm³/mol. The quantitative estimate of drug-likeness (QED) is 0.697. The van der Waals surface area contributed by atoms with Gasteiger partial charge in [-0.15, -0.1) is 0 Å². The fourth-order valence-electron chi connectivity index (χ4n) is 3.44.